The molecule has 1 saturated carbocycles. The van der Waals surface area contributed by atoms with Gasteiger partial charge in [0.2, 0.25) is 0 Å². The molecule has 1 unspecified atom stereocenters. The second-order valence-corrected chi connectivity index (χ2v) is 5.85. The molecule has 2 aliphatic carbocycles. The van der Waals surface area contributed by atoms with Gasteiger partial charge in [0, 0.05) is 6.42 Å². The number of ether oxygens (including phenoxy) is 3. The van der Waals surface area contributed by atoms with E-state index in [0.29, 0.717) is 5.57 Å². The summed E-state index contributed by atoms with van der Waals surface area (Å²) in [7, 11) is 0. The maximum absolute atomic E-state index is 12.5. The maximum atomic E-state index is 12.5. The lowest BCUT2D eigenvalue weighted by atomic mass is 9.83. The van der Waals surface area contributed by atoms with Crippen LogP contribution in [-0.2, 0) is 33.4 Å². The SMILES string of the molecule is CCOC(=O)C1=C2CC(C(=O)OCC)(C(=O)OCC)CC2CC1=O. The molecule has 7 heteroatoms. The number of fused-ring (bicyclic) bond motifs is 1. The molecule has 2 rings (SSSR count). The Morgan fingerprint density at radius 2 is 1.54 bits per heavy atom. The van der Waals surface area contributed by atoms with Gasteiger partial charge in [0.15, 0.2) is 11.2 Å². The van der Waals surface area contributed by atoms with Gasteiger partial charge in [-0.05, 0) is 45.1 Å². The highest BCUT2D eigenvalue weighted by atomic mass is 16.6. The molecular weight excluding hydrogens is 316 g/mol. The molecule has 0 amide bonds. The minimum atomic E-state index is -1.48. The number of hydrogen-bond acceptors (Lipinski definition) is 7. The largest absolute Gasteiger partial charge is 0.465 e. The van der Waals surface area contributed by atoms with Crippen LogP contribution >= 0.6 is 0 Å². The lowest BCUT2D eigenvalue weighted by Crippen LogP contribution is -2.40. The Hall–Kier alpha value is -2.18. The molecule has 0 bridgehead atoms. The van der Waals surface area contributed by atoms with E-state index in [4.69, 9.17) is 14.2 Å². The smallest absolute Gasteiger partial charge is 0.341 e. The van der Waals surface area contributed by atoms with Gasteiger partial charge in [-0.2, -0.15) is 0 Å². The minimum absolute atomic E-state index is 0.0164. The molecule has 132 valence electrons. The topological polar surface area (TPSA) is 96.0 Å². The Bertz CT molecular complexity index is 584. The van der Waals surface area contributed by atoms with Crippen molar-refractivity contribution in [3.8, 4) is 0 Å². The van der Waals surface area contributed by atoms with Crippen molar-refractivity contribution < 1.29 is 33.4 Å². The monoisotopic (exact) mass is 338 g/mol. The lowest BCUT2D eigenvalue weighted by molar-refractivity contribution is -0.172. The van der Waals surface area contributed by atoms with Crippen molar-refractivity contribution in [3.05, 3.63) is 11.1 Å². The van der Waals surface area contributed by atoms with Gasteiger partial charge < -0.3 is 14.2 Å². The van der Waals surface area contributed by atoms with E-state index in [2.05, 4.69) is 0 Å². The summed E-state index contributed by atoms with van der Waals surface area (Å²) in [6.07, 6.45) is 0.188. The van der Waals surface area contributed by atoms with Crippen LogP contribution in [-0.4, -0.2) is 43.5 Å². The Balaban J connectivity index is 2.41. The van der Waals surface area contributed by atoms with E-state index < -0.39 is 23.3 Å². The molecule has 7 nitrogen and oxygen atoms in total. The average molecular weight is 338 g/mol. The highest BCUT2D eigenvalue weighted by Gasteiger charge is 2.59. The first kappa shape index (κ1) is 18.2. The number of carbonyl (C=O) groups excluding carboxylic acids is 4. The van der Waals surface area contributed by atoms with E-state index in [-0.39, 0.29) is 56.4 Å². The van der Waals surface area contributed by atoms with Gasteiger partial charge in [0.05, 0.1) is 19.8 Å². The molecule has 0 saturated heterocycles. The van der Waals surface area contributed by atoms with E-state index >= 15 is 0 Å². The second-order valence-electron chi connectivity index (χ2n) is 5.85. The fourth-order valence-electron chi connectivity index (χ4n) is 3.46. The molecule has 0 aromatic rings. The summed E-state index contributed by atoms with van der Waals surface area (Å²) in [5.41, 5.74) is -0.985. The maximum Gasteiger partial charge on any atom is 0.341 e. The third-order valence-corrected chi connectivity index (χ3v) is 4.42. The predicted molar refractivity (Wildman–Crippen MR) is 81.7 cm³/mol. The van der Waals surface area contributed by atoms with Crippen molar-refractivity contribution >= 4 is 23.7 Å². The molecule has 2 aliphatic rings. The zero-order chi connectivity index (χ0) is 17.9. The van der Waals surface area contributed by atoms with Crippen LogP contribution in [0.25, 0.3) is 0 Å². The standard InChI is InChI=1S/C17H22O7/c1-4-22-14(19)13-11-9-17(15(20)23-5-2,16(21)24-6-3)8-10(11)7-12(13)18/h10H,4-9H2,1-3H3. The fourth-order valence-corrected chi connectivity index (χ4v) is 3.46. The summed E-state index contributed by atoms with van der Waals surface area (Å²) < 4.78 is 15.1. The Kier molecular flexibility index (Phi) is 5.41. The highest BCUT2D eigenvalue weighted by Crippen LogP contribution is 2.53. The number of allylic oxidation sites excluding steroid dienone is 1. The van der Waals surface area contributed by atoms with Crippen LogP contribution in [0.1, 0.15) is 40.0 Å². The van der Waals surface area contributed by atoms with Crippen molar-refractivity contribution in [1.29, 1.82) is 0 Å². The van der Waals surface area contributed by atoms with Crippen LogP contribution in [0, 0.1) is 11.3 Å². The van der Waals surface area contributed by atoms with Crippen LogP contribution in [0.5, 0.6) is 0 Å². The predicted octanol–water partition coefficient (Wildman–Crippen LogP) is 1.34. The number of Topliss-reactive ketones (excluding diaryl/α,β-unsaturated/α-hetero) is 1. The van der Waals surface area contributed by atoms with Gasteiger partial charge in [-0.1, -0.05) is 0 Å². The summed E-state index contributed by atoms with van der Waals surface area (Å²) in [4.78, 5) is 49.1. The van der Waals surface area contributed by atoms with E-state index in [1.54, 1.807) is 20.8 Å². The van der Waals surface area contributed by atoms with Gasteiger partial charge in [-0.3, -0.25) is 14.4 Å². The second kappa shape index (κ2) is 7.15. The first-order valence-corrected chi connectivity index (χ1v) is 8.19. The zero-order valence-electron chi connectivity index (χ0n) is 14.2. The van der Waals surface area contributed by atoms with Crippen molar-refractivity contribution in [1.82, 2.24) is 0 Å². The third kappa shape index (κ3) is 2.95. The van der Waals surface area contributed by atoms with Crippen LogP contribution in [0.15, 0.2) is 11.1 Å². The van der Waals surface area contributed by atoms with E-state index in [1.807, 2.05) is 0 Å². The third-order valence-electron chi connectivity index (χ3n) is 4.42. The van der Waals surface area contributed by atoms with Gasteiger partial charge in [0.25, 0.3) is 0 Å². The molecule has 1 atom stereocenters. The number of rotatable bonds is 6. The van der Waals surface area contributed by atoms with Gasteiger partial charge in [-0.25, -0.2) is 4.79 Å². The summed E-state index contributed by atoms with van der Waals surface area (Å²) in [6, 6.07) is 0. The summed E-state index contributed by atoms with van der Waals surface area (Å²) in [5, 5.41) is 0. The quantitative estimate of drug-likeness (QED) is 0.312. The molecular formula is C17H22O7. The minimum Gasteiger partial charge on any atom is -0.465 e. The number of hydrogen-bond donors (Lipinski definition) is 0. The fraction of sp³-hybridized carbons (Fsp3) is 0.647. The molecule has 0 radical (unpaired) electrons. The molecule has 0 aromatic carbocycles. The summed E-state index contributed by atoms with van der Waals surface area (Å²) >= 11 is 0. The Morgan fingerprint density at radius 1 is 1.00 bits per heavy atom. The van der Waals surface area contributed by atoms with Crippen molar-refractivity contribution in [2.24, 2.45) is 11.3 Å². The van der Waals surface area contributed by atoms with Gasteiger partial charge in [0.1, 0.15) is 5.57 Å². The average Bonchev–Trinajstić information content (AvgIpc) is 3.02. The summed E-state index contributed by atoms with van der Waals surface area (Å²) in [5.74, 6) is -2.65. The molecule has 24 heavy (non-hydrogen) atoms. The summed E-state index contributed by atoms with van der Waals surface area (Å²) in [6.45, 7) is 5.37. The molecule has 1 fully saturated rings. The van der Waals surface area contributed by atoms with Crippen LogP contribution in [0.2, 0.25) is 0 Å². The van der Waals surface area contributed by atoms with E-state index in [9.17, 15) is 19.2 Å². The molecule has 0 N–H and O–H groups in total. The highest BCUT2D eigenvalue weighted by molar-refractivity contribution is 6.20. The molecule has 0 spiro atoms. The van der Waals surface area contributed by atoms with Crippen LogP contribution < -0.4 is 0 Å². The Morgan fingerprint density at radius 3 is 2.04 bits per heavy atom. The molecule has 0 heterocycles. The van der Waals surface area contributed by atoms with Crippen LogP contribution in [0.4, 0.5) is 0 Å². The zero-order valence-corrected chi connectivity index (χ0v) is 14.2. The van der Waals surface area contributed by atoms with E-state index in [0.717, 1.165) is 0 Å². The van der Waals surface area contributed by atoms with E-state index in [1.165, 1.54) is 0 Å². The van der Waals surface area contributed by atoms with Crippen molar-refractivity contribution in [2.75, 3.05) is 19.8 Å². The van der Waals surface area contributed by atoms with Gasteiger partial charge >= 0.3 is 17.9 Å². The van der Waals surface area contributed by atoms with Crippen molar-refractivity contribution in [3.63, 3.8) is 0 Å². The first-order chi connectivity index (χ1) is 11.4. The molecule has 0 aromatic heterocycles. The van der Waals surface area contributed by atoms with Crippen molar-refractivity contribution in [2.45, 2.75) is 40.0 Å². The molecule has 0 aliphatic heterocycles. The first-order valence-electron chi connectivity index (χ1n) is 8.19. The number of ketones is 1. The van der Waals surface area contributed by atoms with Gasteiger partial charge in [-0.15, -0.1) is 0 Å². The van der Waals surface area contributed by atoms with Crippen LogP contribution in [0.3, 0.4) is 0 Å². The Labute approximate surface area is 140 Å². The number of esters is 3. The lowest BCUT2D eigenvalue weighted by Gasteiger charge is -2.24. The normalized spacial score (nSPS) is 21.5. The number of carbonyl (C=O) groups is 4.